The molecule has 0 aromatic rings. The Balaban J connectivity index is 1.54. The number of hydrogen-bond acceptors (Lipinski definition) is 2. The van der Waals surface area contributed by atoms with E-state index in [0.717, 1.165) is 38.6 Å². The van der Waals surface area contributed by atoms with Crippen LogP contribution in [0.4, 0.5) is 4.79 Å². The van der Waals surface area contributed by atoms with Gasteiger partial charge in [-0.1, -0.05) is 12.2 Å². The zero-order valence-electron chi connectivity index (χ0n) is 9.74. The summed E-state index contributed by atoms with van der Waals surface area (Å²) in [7, 11) is 0. The standard InChI is InChI=1S/C12H21N3O/c16-12-14-7-9-15(12)8-6-13-10-11-4-2-1-3-5-11/h1-2,11,13H,3-10H2,(H,14,16). The van der Waals surface area contributed by atoms with E-state index in [1.54, 1.807) is 0 Å². The molecule has 1 unspecified atom stereocenters. The van der Waals surface area contributed by atoms with Crippen molar-refractivity contribution in [1.82, 2.24) is 15.5 Å². The van der Waals surface area contributed by atoms with Gasteiger partial charge in [-0.05, 0) is 31.7 Å². The number of urea groups is 1. The molecule has 0 saturated carbocycles. The van der Waals surface area contributed by atoms with Gasteiger partial charge in [-0.3, -0.25) is 0 Å². The zero-order valence-corrected chi connectivity index (χ0v) is 9.74. The number of carbonyl (C=O) groups excluding carboxylic acids is 1. The Morgan fingerprint density at radius 2 is 2.44 bits per heavy atom. The molecular formula is C12H21N3O. The molecule has 2 amide bonds. The van der Waals surface area contributed by atoms with Crippen LogP contribution in [0.2, 0.25) is 0 Å². The molecule has 2 aliphatic rings. The molecule has 4 nitrogen and oxygen atoms in total. The predicted octanol–water partition coefficient (Wildman–Crippen LogP) is 0.957. The van der Waals surface area contributed by atoms with E-state index in [2.05, 4.69) is 22.8 Å². The summed E-state index contributed by atoms with van der Waals surface area (Å²) in [5.74, 6) is 0.789. The van der Waals surface area contributed by atoms with Crippen molar-refractivity contribution in [2.75, 3.05) is 32.7 Å². The summed E-state index contributed by atoms with van der Waals surface area (Å²) >= 11 is 0. The van der Waals surface area contributed by atoms with E-state index in [0.29, 0.717) is 0 Å². The molecule has 1 heterocycles. The van der Waals surface area contributed by atoms with Crippen molar-refractivity contribution in [1.29, 1.82) is 0 Å². The Hall–Kier alpha value is -1.03. The van der Waals surface area contributed by atoms with Gasteiger partial charge in [0.15, 0.2) is 0 Å². The molecule has 0 aromatic carbocycles. The number of nitrogens with one attached hydrogen (secondary N) is 2. The summed E-state index contributed by atoms with van der Waals surface area (Å²) in [4.78, 5) is 13.1. The number of allylic oxidation sites excluding steroid dienone is 2. The molecule has 1 saturated heterocycles. The van der Waals surface area contributed by atoms with Crippen molar-refractivity contribution < 1.29 is 4.79 Å². The summed E-state index contributed by atoms with van der Waals surface area (Å²) in [6.07, 6.45) is 8.28. The molecule has 0 spiro atoms. The summed E-state index contributed by atoms with van der Waals surface area (Å²) in [6, 6.07) is 0.0856. The predicted molar refractivity (Wildman–Crippen MR) is 64.3 cm³/mol. The van der Waals surface area contributed by atoms with Crippen molar-refractivity contribution >= 4 is 6.03 Å². The van der Waals surface area contributed by atoms with Crippen LogP contribution in [0.1, 0.15) is 19.3 Å². The lowest BCUT2D eigenvalue weighted by Crippen LogP contribution is -2.36. The molecule has 0 aromatic heterocycles. The van der Waals surface area contributed by atoms with Crippen LogP contribution in [0.5, 0.6) is 0 Å². The molecule has 16 heavy (non-hydrogen) atoms. The van der Waals surface area contributed by atoms with Gasteiger partial charge in [0.05, 0.1) is 0 Å². The van der Waals surface area contributed by atoms with Crippen molar-refractivity contribution in [3.8, 4) is 0 Å². The maximum atomic E-state index is 11.2. The second kappa shape index (κ2) is 5.89. The van der Waals surface area contributed by atoms with Gasteiger partial charge in [-0.2, -0.15) is 0 Å². The third-order valence-corrected chi connectivity index (χ3v) is 3.31. The van der Waals surface area contributed by atoms with E-state index in [4.69, 9.17) is 0 Å². The lowest BCUT2D eigenvalue weighted by molar-refractivity contribution is 0.217. The molecule has 2 rings (SSSR count). The normalized spacial score (nSPS) is 24.9. The van der Waals surface area contributed by atoms with Crippen LogP contribution in [-0.4, -0.2) is 43.7 Å². The highest BCUT2D eigenvalue weighted by Gasteiger charge is 2.18. The largest absolute Gasteiger partial charge is 0.336 e. The lowest BCUT2D eigenvalue weighted by Gasteiger charge is -2.19. The third-order valence-electron chi connectivity index (χ3n) is 3.31. The maximum Gasteiger partial charge on any atom is 0.317 e. The molecule has 2 N–H and O–H groups in total. The molecule has 0 bridgehead atoms. The third kappa shape index (κ3) is 3.23. The number of nitrogens with zero attached hydrogens (tertiary/aromatic N) is 1. The van der Waals surface area contributed by atoms with E-state index in [9.17, 15) is 4.79 Å². The van der Waals surface area contributed by atoms with E-state index in [-0.39, 0.29) is 6.03 Å². The Bertz CT molecular complexity index is 265. The molecule has 1 atom stereocenters. The first kappa shape index (κ1) is 11.5. The monoisotopic (exact) mass is 223 g/mol. The van der Waals surface area contributed by atoms with Crippen molar-refractivity contribution in [3.63, 3.8) is 0 Å². The van der Waals surface area contributed by atoms with Gasteiger partial charge in [-0.25, -0.2) is 4.79 Å². The second-order valence-corrected chi connectivity index (χ2v) is 4.57. The van der Waals surface area contributed by atoms with E-state index in [1.807, 2.05) is 4.90 Å². The second-order valence-electron chi connectivity index (χ2n) is 4.57. The maximum absolute atomic E-state index is 11.2. The SMILES string of the molecule is O=C1NCCN1CCNCC1CC=CCC1. The zero-order chi connectivity index (χ0) is 11.2. The van der Waals surface area contributed by atoms with Crippen LogP contribution in [-0.2, 0) is 0 Å². The minimum Gasteiger partial charge on any atom is -0.336 e. The van der Waals surface area contributed by atoms with E-state index >= 15 is 0 Å². The summed E-state index contributed by atoms with van der Waals surface area (Å²) in [5, 5.41) is 6.26. The van der Waals surface area contributed by atoms with Gasteiger partial charge >= 0.3 is 6.03 Å². The summed E-state index contributed by atoms with van der Waals surface area (Å²) in [6.45, 7) is 4.47. The van der Waals surface area contributed by atoms with Crippen LogP contribution in [0.3, 0.4) is 0 Å². The minimum atomic E-state index is 0.0856. The smallest absolute Gasteiger partial charge is 0.317 e. The first-order valence-corrected chi connectivity index (χ1v) is 6.25. The van der Waals surface area contributed by atoms with Crippen LogP contribution in [0.25, 0.3) is 0 Å². The lowest BCUT2D eigenvalue weighted by atomic mass is 9.94. The van der Waals surface area contributed by atoms with Gasteiger partial charge in [0.2, 0.25) is 0 Å². The molecule has 90 valence electrons. The molecule has 4 heteroatoms. The van der Waals surface area contributed by atoms with Crippen LogP contribution < -0.4 is 10.6 Å². The van der Waals surface area contributed by atoms with Crippen LogP contribution in [0, 0.1) is 5.92 Å². The van der Waals surface area contributed by atoms with E-state index in [1.165, 1.54) is 19.3 Å². The van der Waals surface area contributed by atoms with Crippen molar-refractivity contribution in [2.24, 2.45) is 5.92 Å². The quantitative estimate of drug-likeness (QED) is 0.538. The number of carbonyl (C=O) groups is 1. The van der Waals surface area contributed by atoms with Gasteiger partial charge in [0, 0.05) is 26.2 Å². The highest BCUT2D eigenvalue weighted by molar-refractivity contribution is 5.76. The van der Waals surface area contributed by atoms with Crippen LogP contribution >= 0.6 is 0 Å². The minimum absolute atomic E-state index is 0.0856. The summed E-state index contributed by atoms with van der Waals surface area (Å²) in [5.41, 5.74) is 0. The highest BCUT2D eigenvalue weighted by Crippen LogP contribution is 2.16. The van der Waals surface area contributed by atoms with Crippen LogP contribution in [0.15, 0.2) is 12.2 Å². The fourth-order valence-corrected chi connectivity index (χ4v) is 2.29. The molecule has 1 aliphatic heterocycles. The molecule has 0 radical (unpaired) electrons. The average molecular weight is 223 g/mol. The van der Waals surface area contributed by atoms with Gasteiger partial charge in [-0.15, -0.1) is 0 Å². The topological polar surface area (TPSA) is 44.4 Å². The Morgan fingerprint density at radius 1 is 1.50 bits per heavy atom. The molecule has 1 fully saturated rings. The van der Waals surface area contributed by atoms with Gasteiger partial charge < -0.3 is 15.5 Å². The Morgan fingerprint density at radius 3 is 3.12 bits per heavy atom. The van der Waals surface area contributed by atoms with Gasteiger partial charge in [0.25, 0.3) is 0 Å². The highest BCUT2D eigenvalue weighted by atomic mass is 16.2. The van der Waals surface area contributed by atoms with Crippen molar-refractivity contribution in [2.45, 2.75) is 19.3 Å². The van der Waals surface area contributed by atoms with Gasteiger partial charge in [0.1, 0.15) is 0 Å². The number of rotatable bonds is 5. The molecule has 1 aliphatic carbocycles. The number of amides is 2. The fraction of sp³-hybridized carbons (Fsp3) is 0.750. The Kier molecular flexibility index (Phi) is 4.22. The average Bonchev–Trinajstić information content (AvgIpc) is 2.72. The number of hydrogen-bond donors (Lipinski definition) is 2. The van der Waals surface area contributed by atoms with Crippen molar-refractivity contribution in [3.05, 3.63) is 12.2 Å². The Labute approximate surface area is 97.1 Å². The first-order chi connectivity index (χ1) is 7.86. The summed E-state index contributed by atoms with van der Waals surface area (Å²) < 4.78 is 0. The first-order valence-electron chi connectivity index (χ1n) is 6.25. The fourth-order valence-electron chi connectivity index (χ4n) is 2.29. The molecular weight excluding hydrogens is 202 g/mol. The van der Waals surface area contributed by atoms with E-state index < -0.39 is 0 Å².